The molecule has 0 heterocycles. The number of benzene rings is 1. The number of rotatable bonds is 4. The zero-order valence-electron chi connectivity index (χ0n) is 9.24. The van der Waals surface area contributed by atoms with Crippen molar-refractivity contribution < 1.29 is 5.11 Å². The molecule has 1 aromatic rings. The highest BCUT2D eigenvalue weighted by Crippen LogP contribution is 2.30. The van der Waals surface area contributed by atoms with E-state index in [-0.39, 0.29) is 5.75 Å². The van der Waals surface area contributed by atoms with Gasteiger partial charge in [0.1, 0.15) is 5.75 Å². The molecule has 3 nitrogen and oxygen atoms in total. The summed E-state index contributed by atoms with van der Waals surface area (Å²) in [6.07, 6.45) is 1.69. The first kappa shape index (κ1) is 13.7. The van der Waals surface area contributed by atoms with Crippen LogP contribution >= 0.6 is 31.9 Å². The molecule has 0 bridgehead atoms. The van der Waals surface area contributed by atoms with Gasteiger partial charge in [-0.1, -0.05) is 15.9 Å². The Morgan fingerprint density at radius 1 is 1.38 bits per heavy atom. The van der Waals surface area contributed by atoms with Crippen LogP contribution in [-0.4, -0.2) is 43.4 Å². The molecule has 0 amide bonds. The molecule has 1 N–H and O–H groups in total. The van der Waals surface area contributed by atoms with Gasteiger partial charge in [0, 0.05) is 22.8 Å². The average molecular weight is 350 g/mol. The Bertz CT molecular complexity index is 392. The van der Waals surface area contributed by atoms with Crippen LogP contribution in [0.3, 0.4) is 0 Å². The number of aromatic hydroxyl groups is 1. The summed E-state index contributed by atoms with van der Waals surface area (Å²) in [6.45, 7) is 1.61. The number of aliphatic imine (C=N–C) groups is 1. The molecule has 16 heavy (non-hydrogen) atoms. The van der Waals surface area contributed by atoms with Gasteiger partial charge >= 0.3 is 0 Å². The number of phenolic OH excluding ortho intramolecular Hbond substituents is 1. The monoisotopic (exact) mass is 348 g/mol. The largest absolute Gasteiger partial charge is 0.506 e. The van der Waals surface area contributed by atoms with Gasteiger partial charge in [-0.15, -0.1) is 0 Å². The Morgan fingerprint density at radius 3 is 2.69 bits per heavy atom. The van der Waals surface area contributed by atoms with E-state index in [0.717, 1.165) is 17.6 Å². The van der Waals surface area contributed by atoms with E-state index in [9.17, 15) is 5.11 Å². The van der Waals surface area contributed by atoms with E-state index < -0.39 is 0 Å². The lowest BCUT2D eigenvalue weighted by molar-refractivity contribution is 0.421. The van der Waals surface area contributed by atoms with Crippen LogP contribution in [0, 0.1) is 0 Å². The van der Waals surface area contributed by atoms with Crippen molar-refractivity contribution in [2.24, 2.45) is 4.99 Å². The Morgan fingerprint density at radius 2 is 2.06 bits per heavy atom. The highest BCUT2D eigenvalue weighted by molar-refractivity contribution is 9.11. The molecule has 0 aliphatic rings. The molecular weight excluding hydrogens is 336 g/mol. The second-order valence-corrected chi connectivity index (χ2v) is 5.43. The molecule has 0 saturated carbocycles. The fourth-order valence-corrected chi connectivity index (χ4v) is 2.36. The molecule has 1 aromatic carbocycles. The van der Waals surface area contributed by atoms with Crippen molar-refractivity contribution in [2.75, 3.05) is 27.2 Å². The Hall–Kier alpha value is -0.390. The molecular formula is C11H14Br2N2O. The van der Waals surface area contributed by atoms with Crippen molar-refractivity contribution in [2.45, 2.75) is 0 Å². The molecule has 1 rings (SSSR count). The van der Waals surface area contributed by atoms with Crippen LogP contribution in [0.25, 0.3) is 0 Å². The van der Waals surface area contributed by atoms with Gasteiger partial charge in [0.05, 0.1) is 11.0 Å². The summed E-state index contributed by atoms with van der Waals surface area (Å²) >= 11 is 6.65. The van der Waals surface area contributed by atoms with Crippen LogP contribution in [-0.2, 0) is 0 Å². The first-order valence-electron chi connectivity index (χ1n) is 4.83. The topological polar surface area (TPSA) is 35.8 Å². The molecule has 0 aliphatic heterocycles. The quantitative estimate of drug-likeness (QED) is 0.848. The maximum Gasteiger partial charge on any atom is 0.138 e. The minimum Gasteiger partial charge on any atom is -0.506 e. The van der Waals surface area contributed by atoms with Crippen LogP contribution in [0.15, 0.2) is 26.1 Å². The van der Waals surface area contributed by atoms with E-state index in [1.807, 2.05) is 20.2 Å². The molecule has 5 heteroatoms. The average Bonchev–Trinajstić information content (AvgIpc) is 2.19. The molecule has 0 radical (unpaired) electrons. The van der Waals surface area contributed by atoms with Gasteiger partial charge in [-0.25, -0.2) is 0 Å². The summed E-state index contributed by atoms with van der Waals surface area (Å²) in [4.78, 5) is 6.32. The van der Waals surface area contributed by atoms with Crippen LogP contribution in [0.1, 0.15) is 5.56 Å². The Kier molecular flexibility index (Phi) is 5.44. The van der Waals surface area contributed by atoms with Gasteiger partial charge < -0.3 is 10.0 Å². The van der Waals surface area contributed by atoms with Crippen LogP contribution in [0.2, 0.25) is 0 Å². The van der Waals surface area contributed by atoms with Crippen molar-refractivity contribution in [3.63, 3.8) is 0 Å². The second-order valence-electron chi connectivity index (χ2n) is 3.66. The van der Waals surface area contributed by atoms with Crippen molar-refractivity contribution >= 4 is 38.1 Å². The van der Waals surface area contributed by atoms with Crippen molar-refractivity contribution in [3.05, 3.63) is 26.6 Å². The first-order chi connectivity index (χ1) is 7.50. The van der Waals surface area contributed by atoms with Crippen LogP contribution in [0.5, 0.6) is 5.75 Å². The van der Waals surface area contributed by atoms with E-state index in [0.29, 0.717) is 10.0 Å². The summed E-state index contributed by atoms with van der Waals surface area (Å²) in [6, 6.07) is 3.63. The predicted octanol–water partition coefficient (Wildman–Crippen LogP) is 2.90. The number of hydrogen-bond acceptors (Lipinski definition) is 3. The number of hydrogen-bond donors (Lipinski definition) is 1. The lowest BCUT2D eigenvalue weighted by Gasteiger charge is -2.06. The molecule has 88 valence electrons. The summed E-state index contributed by atoms with van der Waals surface area (Å²) in [7, 11) is 4.01. The van der Waals surface area contributed by atoms with Gasteiger partial charge in [-0.05, 0) is 42.2 Å². The van der Waals surface area contributed by atoms with E-state index >= 15 is 0 Å². The summed E-state index contributed by atoms with van der Waals surface area (Å²) in [5.41, 5.74) is 0.708. The van der Waals surface area contributed by atoms with Gasteiger partial charge in [0.15, 0.2) is 0 Å². The zero-order chi connectivity index (χ0) is 12.1. The minimum atomic E-state index is 0.219. The number of phenols is 1. The van der Waals surface area contributed by atoms with Crippen LogP contribution in [0.4, 0.5) is 0 Å². The maximum atomic E-state index is 9.76. The Balaban J connectivity index is 2.73. The molecule has 0 unspecified atom stereocenters. The molecule has 0 aromatic heterocycles. The molecule has 0 aliphatic carbocycles. The number of nitrogens with zero attached hydrogens (tertiary/aromatic N) is 2. The smallest absolute Gasteiger partial charge is 0.138 e. The highest BCUT2D eigenvalue weighted by atomic mass is 79.9. The zero-order valence-corrected chi connectivity index (χ0v) is 12.4. The van der Waals surface area contributed by atoms with Gasteiger partial charge in [-0.2, -0.15) is 0 Å². The van der Waals surface area contributed by atoms with Gasteiger partial charge in [0.25, 0.3) is 0 Å². The lowest BCUT2D eigenvalue weighted by Crippen LogP contribution is -2.15. The van der Waals surface area contributed by atoms with Crippen LogP contribution < -0.4 is 0 Å². The fourth-order valence-electron chi connectivity index (χ4n) is 1.10. The van der Waals surface area contributed by atoms with E-state index in [2.05, 4.69) is 41.8 Å². The van der Waals surface area contributed by atoms with E-state index in [1.54, 1.807) is 12.3 Å². The number of halogens is 2. The molecule has 0 fully saturated rings. The SMILES string of the molecule is CN(C)CCN=Cc1cc(Br)cc(Br)c1O. The van der Waals surface area contributed by atoms with Gasteiger partial charge in [-0.3, -0.25) is 4.99 Å². The number of likely N-dealkylation sites (N-methyl/N-ethyl adjacent to an activating group) is 1. The normalized spacial score (nSPS) is 11.6. The van der Waals surface area contributed by atoms with Gasteiger partial charge in [0.2, 0.25) is 0 Å². The summed E-state index contributed by atoms with van der Waals surface area (Å²) in [5.74, 6) is 0.219. The van der Waals surface area contributed by atoms with Crippen molar-refractivity contribution in [1.29, 1.82) is 0 Å². The predicted molar refractivity (Wildman–Crippen MR) is 74.5 cm³/mol. The second kappa shape index (κ2) is 6.37. The standard InChI is InChI=1S/C11H14Br2N2O/c1-15(2)4-3-14-7-8-5-9(12)6-10(13)11(8)16/h5-7,16H,3-4H2,1-2H3. The third-order valence-electron chi connectivity index (χ3n) is 1.96. The van der Waals surface area contributed by atoms with E-state index in [1.165, 1.54) is 0 Å². The maximum absolute atomic E-state index is 9.76. The molecule has 0 saturated heterocycles. The third kappa shape index (κ3) is 4.23. The molecule has 0 atom stereocenters. The van der Waals surface area contributed by atoms with Crippen molar-refractivity contribution in [3.8, 4) is 5.75 Å². The lowest BCUT2D eigenvalue weighted by atomic mass is 10.2. The highest BCUT2D eigenvalue weighted by Gasteiger charge is 2.04. The van der Waals surface area contributed by atoms with E-state index in [4.69, 9.17) is 0 Å². The Labute approximate surface area is 112 Å². The first-order valence-corrected chi connectivity index (χ1v) is 6.42. The molecule has 0 spiro atoms. The third-order valence-corrected chi connectivity index (χ3v) is 3.03. The minimum absolute atomic E-state index is 0.219. The van der Waals surface area contributed by atoms with Crippen molar-refractivity contribution in [1.82, 2.24) is 4.90 Å². The fraction of sp³-hybridized carbons (Fsp3) is 0.364. The summed E-state index contributed by atoms with van der Waals surface area (Å²) in [5, 5.41) is 9.76. The summed E-state index contributed by atoms with van der Waals surface area (Å²) < 4.78 is 1.57.